The number of aryl methyl sites for hydroxylation is 1. The third-order valence-electron chi connectivity index (χ3n) is 3.48. The summed E-state index contributed by atoms with van der Waals surface area (Å²) in [4.78, 5) is 0.371. The minimum atomic E-state index is -3.37. The molecule has 4 nitrogen and oxygen atoms in total. The second-order valence-electron chi connectivity index (χ2n) is 5.06. The summed E-state index contributed by atoms with van der Waals surface area (Å²) in [7, 11) is -3.37. The van der Waals surface area contributed by atoms with Gasteiger partial charge in [0, 0.05) is 18.6 Å². The van der Waals surface area contributed by atoms with Gasteiger partial charge in [-0.1, -0.05) is 17.7 Å². The Labute approximate surface area is 109 Å². The van der Waals surface area contributed by atoms with Gasteiger partial charge in [0.1, 0.15) is 0 Å². The quantitative estimate of drug-likeness (QED) is 0.884. The molecule has 0 saturated carbocycles. The first-order valence-corrected chi connectivity index (χ1v) is 7.69. The number of nitrogens with zero attached hydrogens (tertiary/aromatic N) is 1. The molecule has 2 unspecified atom stereocenters. The first-order chi connectivity index (χ1) is 8.41. The monoisotopic (exact) mass is 268 g/mol. The maximum absolute atomic E-state index is 12.5. The van der Waals surface area contributed by atoms with Gasteiger partial charge in [-0.3, -0.25) is 0 Å². The molecule has 0 aliphatic carbocycles. The number of piperidine rings is 1. The van der Waals surface area contributed by atoms with Crippen LogP contribution in [-0.4, -0.2) is 31.4 Å². The second kappa shape index (κ2) is 4.99. The van der Waals surface area contributed by atoms with Crippen molar-refractivity contribution in [2.45, 2.75) is 43.7 Å². The standard InChI is InChI=1S/C13H20N2O2S/c1-10-3-5-13(6-4-10)18(16,17)15-8-7-12(14)9-11(15)2/h3-6,11-12H,7-9,14H2,1-2H3. The van der Waals surface area contributed by atoms with Crippen LogP contribution in [0.15, 0.2) is 29.2 Å². The Morgan fingerprint density at radius 3 is 2.44 bits per heavy atom. The first kappa shape index (κ1) is 13.5. The minimum Gasteiger partial charge on any atom is -0.328 e. The van der Waals surface area contributed by atoms with Gasteiger partial charge < -0.3 is 5.73 Å². The van der Waals surface area contributed by atoms with Crippen molar-refractivity contribution in [1.82, 2.24) is 4.31 Å². The van der Waals surface area contributed by atoms with Crippen molar-refractivity contribution >= 4 is 10.0 Å². The second-order valence-corrected chi connectivity index (χ2v) is 6.95. The van der Waals surface area contributed by atoms with Crippen LogP contribution in [0.1, 0.15) is 25.3 Å². The van der Waals surface area contributed by atoms with Gasteiger partial charge in [-0.25, -0.2) is 8.42 Å². The van der Waals surface area contributed by atoms with Crippen LogP contribution in [0.25, 0.3) is 0 Å². The maximum Gasteiger partial charge on any atom is 0.243 e. The molecule has 2 N–H and O–H groups in total. The van der Waals surface area contributed by atoms with Gasteiger partial charge in [0.15, 0.2) is 0 Å². The molecule has 1 aliphatic heterocycles. The van der Waals surface area contributed by atoms with Crippen LogP contribution in [0.3, 0.4) is 0 Å². The molecule has 1 aliphatic rings. The van der Waals surface area contributed by atoms with Crippen LogP contribution in [0, 0.1) is 6.92 Å². The van der Waals surface area contributed by atoms with E-state index in [-0.39, 0.29) is 12.1 Å². The first-order valence-electron chi connectivity index (χ1n) is 6.25. The zero-order valence-corrected chi connectivity index (χ0v) is 11.7. The van der Waals surface area contributed by atoms with E-state index in [0.717, 1.165) is 18.4 Å². The van der Waals surface area contributed by atoms with E-state index in [1.807, 2.05) is 26.0 Å². The van der Waals surface area contributed by atoms with E-state index in [9.17, 15) is 8.42 Å². The van der Waals surface area contributed by atoms with Crippen LogP contribution in [-0.2, 0) is 10.0 Å². The minimum absolute atomic E-state index is 0.0277. The third-order valence-corrected chi connectivity index (χ3v) is 5.51. The van der Waals surface area contributed by atoms with Crippen molar-refractivity contribution < 1.29 is 8.42 Å². The Morgan fingerprint density at radius 2 is 1.89 bits per heavy atom. The predicted octanol–water partition coefficient (Wildman–Crippen LogP) is 1.50. The number of hydrogen-bond donors (Lipinski definition) is 1. The summed E-state index contributed by atoms with van der Waals surface area (Å²) < 4.78 is 26.6. The summed E-state index contributed by atoms with van der Waals surface area (Å²) in [5.41, 5.74) is 6.93. The maximum atomic E-state index is 12.5. The molecule has 0 radical (unpaired) electrons. The van der Waals surface area contributed by atoms with E-state index in [1.54, 1.807) is 16.4 Å². The summed E-state index contributed by atoms with van der Waals surface area (Å²) in [6.45, 7) is 4.38. The molecule has 1 saturated heterocycles. The van der Waals surface area contributed by atoms with Gasteiger partial charge >= 0.3 is 0 Å². The Morgan fingerprint density at radius 1 is 1.28 bits per heavy atom. The number of benzene rings is 1. The van der Waals surface area contributed by atoms with Crippen LogP contribution in [0.5, 0.6) is 0 Å². The van der Waals surface area contributed by atoms with Crippen molar-refractivity contribution in [3.05, 3.63) is 29.8 Å². The molecular weight excluding hydrogens is 248 g/mol. The summed E-state index contributed by atoms with van der Waals surface area (Å²) in [5.74, 6) is 0. The molecule has 0 amide bonds. The molecule has 2 atom stereocenters. The lowest BCUT2D eigenvalue weighted by Gasteiger charge is -2.35. The van der Waals surface area contributed by atoms with Gasteiger partial charge in [-0.05, 0) is 38.8 Å². The molecule has 0 bridgehead atoms. The smallest absolute Gasteiger partial charge is 0.243 e. The lowest BCUT2D eigenvalue weighted by molar-refractivity contribution is 0.247. The average Bonchev–Trinajstić information content (AvgIpc) is 2.29. The van der Waals surface area contributed by atoms with Gasteiger partial charge in [-0.2, -0.15) is 4.31 Å². The average molecular weight is 268 g/mol. The molecule has 1 fully saturated rings. The number of rotatable bonds is 2. The lowest BCUT2D eigenvalue weighted by atomic mass is 10.0. The highest BCUT2D eigenvalue weighted by Crippen LogP contribution is 2.24. The highest BCUT2D eigenvalue weighted by molar-refractivity contribution is 7.89. The molecule has 1 aromatic carbocycles. The molecule has 2 rings (SSSR count). The number of hydrogen-bond acceptors (Lipinski definition) is 3. The van der Waals surface area contributed by atoms with E-state index in [2.05, 4.69) is 0 Å². The van der Waals surface area contributed by atoms with Crippen LogP contribution >= 0.6 is 0 Å². The molecule has 100 valence electrons. The molecule has 0 aromatic heterocycles. The van der Waals surface area contributed by atoms with E-state index in [4.69, 9.17) is 5.73 Å². The van der Waals surface area contributed by atoms with Crippen LogP contribution < -0.4 is 5.73 Å². The zero-order chi connectivity index (χ0) is 13.3. The van der Waals surface area contributed by atoms with Gasteiger partial charge in [0.2, 0.25) is 10.0 Å². The van der Waals surface area contributed by atoms with E-state index in [1.165, 1.54) is 0 Å². The van der Waals surface area contributed by atoms with Crippen LogP contribution in [0.2, 0.25) is 0 Å². The van der Waals surface area contributed by atoms with Gasteiger partial charge in [-0.15, -0.1) is 0 Å². The summed E-state index contributed by atoms with van der Waals surface area (Å²) in [5, 5.41) is 0. The van der Waals surface area contributed by atoms with E-state index in [0.29, 0.717) is 11.4 Å². The van der Waals surface area contributed by atoms with E-state index < -0.39 is 10.0 Å². The van der Waals surface area contributed by atoms with Crippen molar-refractivity contribution in [2.75, 3.05) is 6.54 Å². The Hall–Kier alpha value is -0.910. The fraction of sp³-hybridized carbons (Fsp3) is 0.538. The fourth-order valence-electron chi connectivity index (χ4n) is 2.39. The summed E-state index contributed by atoms with van der Waals surface area (Å²) in [6.07, 6.45) is 1.46. The highest BCUT2D eigenvalue weighted by atomic mass is 32.2. The molecule has 0 spiro atoms. The Kier molecular flexibility index (Phi) is 3.75. The highest BCUT2D eigenvalue weighted by Gasteiger charge is 2.33. The number of sulfonamides is 1. The van der Waals surface area contributed by atoms with Gasteiger partial charge in [0.05, 0.1) is 4.90 Å². The molecule has 5 heteroatoms. The molecule has 1 aromatic rings. The van der Waals surface area contributed by atoms with E-state index >= 15 is 0 Å². The topological polar surface area (TPSA) is 63.4 Å². The predicted molar refractivity (Wildman–Crippen MR) is 71.7 cm³/mol. The molecular formula is C13H20N2O2S. The molecule has 18 heavy (non-hydrogen) atoms. The lowest BCUT2D eigenvalue weighted by Crippen LogP contribution is -2.48. The zero-order valence-electron chi connectivity index (χ0n) is 10.8. The summed E-state index contributed by atoms with van der Waals surface area (Å²) in [6, 6.07) is 7.09. The molecule has 1 heterocycles. The Bertz CT molecular complexity index is 510. The normalized spacial score (nSPS) is 26.2. The van der Waals surface area contributed by atoms with Crippen molar-refractivity contribution in [3.8, 4) is 0 Å². The largest absolute Gasteiger partial charge is 0.328 e. The Balaban J connectivity index is 2.28. The van der Waals surface area contributed by atoms with Crippen molar-refractivity contribution in [1.29, 1.82) is 0 Å². The van der Waals surface area contributed by atoms with Gasteiger partial charge in [0.25, 0.3) is 0 Å². The fourth-order valence-corrected chi connectivity index (χ4v) is 4.05. The third kappa shape index (κ3) is 2.58. The number of nitrogens with two attached hydrogens (primary N) is 1. The summed E-state index contributed by atoms with van der Waals surface area (Å²) >= 11 is 0. The van der Waals surface area contributed by atoms with Crippen molar-refractivity contribution in [3.63, 3.8) is 0 Å². The van der Waals surface area contributed by atoms with Crippen LogP contribution in [0.4, 0.5) is 0 Å². The van der Waals surface area contributed by atoms with Crippen molar-refractivity contribution in [2.24, 2.45) is 5.73 Å². The SMILES string of the molecule is Cc1ccc(S(=O)(=O)N2CCC(N)CC2C)cc1.